The zero-order valence-electron chi connectivity index (χ0n) is 17.3. The van der Waals surface area contributed by atoms with Gasteiger partial charge in [-0.1, -0.05) is 11.6 Å². The molecule has 0 spiro atoms. The molecule has 3 aliphatic heterocycles. The molecule has 0 N–H and O–H groups in total. The molecule has 0 amide bonds. The summed E-state index contributed by atoms with van der Waals surface area (Å²) in [6, 6.07) is 0.0612. The molecule has 0 unspecified atom stereocenters. The Kier molecular flexibility index (Phi) is 4.69. The fraction of sp³-hybridized carbons (Fsp3) is 0.524. The van der Waals surface area contributed by atoms with E-state index in [-0.39, 0.29) is 28.8 Å². The Balaban J connectivity index is 1.36. The number of anilines is 1. The van der Waals surface area contributed by atoms with Gasteiger partial charge >= 0.3 is 6.01 Å². The number of pyridine rings is 1. The van der Waals surface area contributed by atoms with Crippen LogP contribution in [0.5, 0.6) is 6.01 Å². The van der Waals surface area contributed by atoms with E-state index in [1.165, 1.54) is 6.20 Å². The van der Waals surface area contributed by atoms with Crippen molar-refractivity contribution >= 4 is 28.3 Å². The molecule has 0 bridgehead atoms. The molecule has 32 heavy (non-hydrogen) atoms. The Bertz CT molecular complexity index is 1190. The first-order chi connectivity index (χ1) is 15.5. The van der Waals surface area contributed by atoms with Gasteiger partial charge in [0.2, 0.25) is 0 Å². The van der Waals surface area contributed by atoms with Crippen LogP contribution in [-0.2, 0) is 13.1 Å². The second-order valence-corrected chi connectivity index (χ2v) is 9.14. The molecule has 0 saturated carbocycles. The fourth-order valence-electron chi connectivity index (χ4n) is 5.31. The highest BCUT2D eigenvalue weighted by Gasteiger charge is 2.49. The van der Waals surface area contributed by atoms with Gasteiger partial charge in [-0.15, -0.1) is 0 Å². The van der Waals surface area contributed by atoms with Crippen LogP contribution in [0.1, 0.15) is 25.1 Å². The summed E-state index contributed by atoms with van der Waals surface area (Å²) in [4.78, 5) is 21.5. The van der Waals surface area contributed by atoms with E-state index < -0.39 is 12.0 Å². The molecule has 0 radical (unpaired) electrons. The second-order valence-electron chi connectivity index (χ2n) is 8.78. The van der Waals surface area contributed by atoms with Crippen molar-refractivity contribution in [2.45, 2.75) is 44.1 Å². The minimum atomic E-state index is -0.855. The van der Waals surface area contributed by atoms with Gasteiger partial charge in [-0.2, -0.15) is 9.97 Å². The van der Waals surface area contributed by atoms with Gasteiger partial charge in [0.15, 0.2) is 11.0 Å². The Hall–Kier alpha value is -2.59. The first kappa shape index (κ1) is 20.0. The third-order valence-corrected chi connectivity index (χ3v) is 7.14. The van der Waals surface area contributed by atoms with Crippen molar-refractivity contribution in [2.24, 2.45) is 0 Å². The van der Waals surface area contributed by atoms with Crippen molar-refractivity contribution in [3.8, 4) is 6.01 Å². The lowest BCUT2D eigenvalue weighted by atomic mass is 9.95. The number of nitrogens with zero attached hydrogens (tertiary/aromatic N) is 7. The molecule has 2 fully saturated rings. The highest BCUT2D eigenvalue weighted by molar-refractivity contribution is 6.30. The first-order valence-corrected chi connectivity index (χ1v) is 11.2. The van der Waals surface area contributed by atoms with Gasteiger partial charge in [-0.25, -0.2) is 18.7 Å². The van der Waals surface area contributed by atoms with Gasteiger partial charge in [0.05, 0.1) is 17.5 Å². The Morgan fingerprint density at radius 1 is 1.22 bits per heavy atom. The van der Waals surface area contributed by atoms with E-state index >= 15 is 0 Å². The van der Waals surface area contributed by atoms with Crippen LogP contribution in [0.25, 0.3) is 10.9 Å². The quantitative estimate of drug-likeness (QED) is 0.553. The zero-order valence-corrected chi connectivity index (χ0v) is 18.1. The maximum Gasteiger partial charge on any atom is 0.319 e. The number of rotatable bonds is 4. The van der Waals surface area contributed by atoms with Crippen molar-refractivity contribution < 1.29 is 13.5 Å². The van der Waals surface area contributed by atoms with Crippen LogP contribution in [0, 0.1) is 5.82 Å². The molecule has 6 rings (SSSR count). The largest absolute Gasteiger partial charge is 0.461 e. The molecule has 3 aliphatic rings. The van der Waals surface area contributed by atoms with Gasteiger partial charge in [0.25, 0.3) is 0 Å². The fourth-order valence-corrected chi connectivity index (χ4v) is 5.45. The number of halogens is 3. The number of hydrogen-bond acceptors (Lipinski definition) is 7. The van der Waals surface area contributed by atoms with E-state index in [4.69, 9.17) is 16.3 Å². The highest BCUT2D eigenvalue weighted by atomic mass is 35.5. The minimum Gasteiger partial charge on any atom is -0.461 e. The molecule has 2 atom stereocenters. The van der Waals surface area contributed by atoms with Gasteiger partial charge < -0.3 is 14.2 Å². The Morgan fingerprint density at radius 2 is 2.12 bits per heavy atom. The Labute approximate surface area is 188 Å². The molecule has 8 nitrogen and oxygen atoms in total. The average Bonchev–Trinajstić information content (AvgIpc) is 3.48. The van der Waals surface area contributed by atoms with E-state index in [1.807, 2.05) is 11.1 Å². The molecule has 11 heteroatoms. The SMILES string of the molecule is Fc1c(Cl)ncc2c(N3CCn4ccnc4C3)nc(OC[C@@]34CCCN3C[C@H](F)C4)nc12. The summed E-state index contributed by atoms with van der Waals surface area (Å²) in [5.41, 5.74) is -0.281. The first-order valence-electron chi connectivity index (χ1n) is 10.8. The molecule has 3 aromatic heterocycles. The van der Waals surface area contributed by atoms with Crippen LogP contribution in [0.15, 0.2) is 18.6 Å². The number of hydrogen-bond donors (Lipinski definition) is 0. The summed E-state index contributed by atoms with van der Waals surface area (Å²) in [6.45, 7) is 3.48. The van der Waals surface area contributed by atoms with Gasteiger partial charge in [0, 0.05) is 44.6 Å². The number of ether oxygens (including phenoxy) is 1. The predicted molar refractivity (Wildman–Crippen MR) is 114 cm³/mol. The topological polar surface area (TPSA) is 72.2 Å². The van der Waals surface area contributed by atoms with Crippen molar-refractivity contribution in [1.82, 2.24) is 29.4 Å². The summed E-state index contributed by atoms with van der Waals surface area (Å²) in [5, 5.41) is 0.212. The van der Waals surface area contributed by atoms with Crippen LogP contribution in [-0.4, -0.2) is 67.4 Å². The normalized spacial score (nSPS) is 25.3. The summed E-state index contributed by atoms with van der Waals surface area (Å²) in [6.07, 6.45) is 6.65. The summed E-state index contributed by atoms with van der Waals surface area (Å²) >= 11 is 5.94. The van der Waals surface area contributed by atoms with Crippen molar-refractivity contribution in [1.29, 1.82) is 0 Å². The average molecular weight is 462 g/mol. The molecule has 2 saturated heterocycles. The van der Waals surface area contributed by atoms with Crippen LogP contribution in [0.2, 0.25) is 5.15 Å². The number of alkyl halides is 1. The van der Waals surface area contributed by atoms with E-state index in [0.717, 1.165) is 31.8 Å². The van der Waals surface area contributed by atoms with Gasteiger partial charge in [-0.05, 0) is 19.4 Å². The molecule has 0 aromatic carbocycles. The lowest BCUT2D eigenvalue weighted by Crippen LogP contribution is -2.43. The highest BCUT2D eigenvalue weighted by Crippen LogP contribution is 2.40. The smallest absolute Gasteiger partial charge is 0.319 e. The van der Waals surface area contributed by atoms with Crippen molar-refractivity contribution in [3.63, 3.8) is 0 Å². The third kappa shape index (κ3) is 3.19. The summed E-state index contributed by atoms with van der Waals surface area (Å²) < 4.78 is 37.1. The molecular weight excluding hydrogens is 440 g/mol. The van der Waals surface area contributed by atoms with E-state index in [9.17, 15) is 8.78 Å². The molecule has 3 aromatic rings. The monoisotopic (exact) mass is 461 g/mol. The number of fused-ring (bicyclic) bond motifs is 3. The number of aromatic nitrogens is 5. The zero-order chi connectivity index (χ0) is 21.9. The van der Waals surface area contributed by atoms with Gasteiger partial charge in [0.1, 0.15) is 29.9 Å². The lowest BCUT2D eigenvalue weighted by Gasteiger charge is -2.31. The van der Waals surface area contributed by atoms with Crippen LogP contribution in [0.4, 0.5) is 14.6 Å². The van der Waals surface area contributed by atoms with Crippen molar-refractivity contribution in [2.75, 3.05) is 31.1 Å². The van der Waals surface area contributed by atoms with E-state index in [2.05, 4.69) is 29.4 Å². The lowest BCUT2D eigenvalue weighted by molar-refractivity contribution is 0.107. The molecule has 0 aliphatic carbocycles. The van der Waals surface area contributed by atoms with E-state index in [0.29, 0.717) is 37.3 Å². The summed E-state index contributed by atoms with van der Waals surface area (Å²) in [5.74, 6) is 0.715. The maximum absolute atomic E-state index is 14.9. The van der Waals surface area contributed by atoms with Gasteiger partial charge in [-0.3, -0.25) is 4.90 Å². The number of imidazole rings is 1. The van der Waals surface area contributed by atoms with Crippen LogP contribution < -0.4 is 9.64 Å². The standard InChI is InChI=1S/C21H22ClF2N7O/c22-18-16(24)17-14(9-26-18)19(30-7-6-29-5-3-25-15(29)11-30)28-20(27-17)32-12-21-2-1-4-31(21)10-13(23)8-21/h3,5,9,13H,1-2,4,6-8,10-12H2/t13-,21+/m1/s1. The molecular formula is C21H22ClF2N7O. The molecule has 6 heterocycles. The maximum atomic E-state index is 14.9. The second kappa shape index (κ2) is 7.48. The molecule has 168 valence electrons. The minimum absolute atomic E-state index is 0.0612. The third-order valence-electron chi connectivity index (χ3n) is 6.88. The summed E-state index contributed by atoms with van der Waals surface area (Å²) in [7, 11) is 0. The van der Waals surface area contributed by atoms with Crippen LogP contribution in [0.3, 0.4) is 0 Å². The Morgan fingerprint density at radius 3 is 3.03 bits per heavy atom. The van der Waals surface area contributed by atoms with Crippen molar-refractivity contribution in [3.05, 3.63) is 35.4 Å². The van der Waals surface area contributed by atoms with Crippen LogP contribution >= 0.6 is 11.6 Å². The van der Waals surface area contributed by atoms with E-state index in [1.54, 1.807) is 6.20 Å². The predicted octanol–water partition coefficient (Wildman–Crippen LogP) is 2.99.